The average Bonchev–Trinajstić information content (AvgIpc) is 3.26. The highest BCUT2D eigenvalue weighted by Gasteiger charge is 2.52. The molecule has 0 unspecified atom stereocenters. The van der Waals surface area contributed by atoms with Crippen LogP contribution in [0.4, 0.5) is 4.79 Å². The molecule has 3 atom stereocenters. The van der Waals surface area contributed by atoms with Crippen molar-refractivity contribution in [1.82, 2.24) is 5.32 Å². The first kappa shape index (κ1) is 18.6. The highest BCUT2D eigenvalue weighted by Crippen LogP contribution is 2.45. The van der Waals surface area contributed by atoms with Crippen molar-refractivity contribution in [3.8, 4) is 17.2 Å². The average molecular weight is 391 g/mol. The second kappa shape index (κ2) is 6.68. The van der Waals surface area contributed by atoms with Crippen LogP contribution in [0.25, 0.3) is 5.57 Å². The topological polar surface area (TPSA) is 102 Å². The van der Waals surface area contributed by atoms with E-state index in [4.69, 9.17) is 28.4 Å². The molecule has 9 heteroatoms. The number of hydrogen-bond acceptors (Lipinski definition) is 8. The number of carbonyl (C=O) groups excluding carboxylic acids is 2. The van der Waals surface area contributed by atoms with Crippen molar-refractivity contribution in [3.63, 3.8) is 0 Å². The first-order valence-electron chi connectivity index (χ1n) is 8.76. The van der Waals surface area contributed by atoms with E-state index in [1.807, 2.05) is 0 Å². The smallest absolute Gasteiger partial charge is 0.407 e. The molecule has 0 spiro atoms. The molecule has 4 rings (SSSR count). The van der Waals surface area contributed by atoms with E-state index in [0.29, 0.717) is 28.4 Å². The van der Waals surface area contributed by atoms with Gasteiger partial charge in [0.25, 0.3) is 0 Å². The fourth-order valence-corrected chi connectivity index (χ4v) is 3.66. The molecule has 2 aliphatic heterocycles. The molecule has 1 aliphatic carbocycles. The number of hydrogen-bond donors (Lipinski definition) is 1. The van der Waals surface area contributed by atoms with Gasteiger partial charge >= 0.3 is 6.09 Å². The van der Waals surface area contributed by atoms with Gasteiger partial charge in [0.15, 0.2) is 29.2 Å². The monoisotopic (exact) mass is 391 g/mol. The third-order valence-electron chi connectivity index (χ3n) is 4.82. The number of methoxy groups -OCH3 is 2. The number of nitrogens with one attached hydrogen (secondary N) is 1. The van der Waals surface area contributed by atoms with Crippen LogP contribution in [-0.2, 0) is 19.0 Å². The molecular formula is C19H21NO8. The maximum absolute atomic E-state index is 12.7. The predicted molar refractivity (Wildman–Crippen MR) is 95.3 cm³/mol. The van der Waals surface area contributed by atoms with E-state index >= 15 is 0 Å². The van der Waals surface area contributed by atoms with Gasteiger partial charge in [-0.25, -0.2) is 4.79 Å². The van der Waals surface area contributed by atoms with Gasteiger partial charge in [0.05, 0.1) is 20.3 Å². The molecule has 1 amide bonds. The molecule has 1 saturated heterocycles. The number of alkyl carbamates (subject to hydrolysis) is 1. The molecule has 2 heterocycles. The quantitative estimate of drug-likeness (QED) is 0.830. The Balaban J connectivity index is 1.79. The maximum atomic E-state index is 12.7. The molecule has 0 radical (unpaired) electrons. The van der Waals surface area contributed by atoms with E-state index in [9.17, 15) is 9.59 Å². The lowest BCUT2D eigenvalue weighted by molar-refractivity contribution is -0.152. The van der Waals surface area contributed by atoms with Crippen molar-refractivity contribution < 1.29 is 38.0 Å². The number of rotatable bonds is 3. The van der Waals surface area contributed by atoms with Gasteiger partial charge in [-0.05, 0) is 43.2 Å². The summed E-state index contributed by atoms with van der Waals surface area (Å²) in [5.41, 5.74) is 1.16. The van der Waals surface area contributed by atoms with Gasteiger partial charge in [0.2, 0.25) is 12.5 Å². The first-order valence-corrected chi connectivity index (χ1v) is 8.76. The second-order valence-electron chi connectivity index (χ2n) is 7.05. The van der Waals surface area contributed by atoms with Gasteiger partial charge in [0.1, 0.15) is 6.10 Å². The van der Waals surface area contributed by atoms with E-state index < -0.39 is 30.1 Å². The summed E-state index contributed by atoms with van der Waals surface area (Å²) >= 11 is 0. The zero-order valence-electron chi connectivity index (χ0n) is 15.9. The number of carbonyl (C=O) groups is 2. The molecule has 0 aromatic heterocycles. The predicted octanol–water partition coefficient (Wildman–Crippen LogP) is 1.63. The van der Waals surface area contributed by atoms with Crippen molar-refractivity contribution in [2.45, 2.75) is 37.9 Å². The number of benzene rings is 1. The Kier molecular flexibility index (Phi) is 4.43. The zero-order valence-corrected chi connectivity index (χ0v) is 15.9. The Morgan fingerprint density at radius 3 is 2.71 bits per heavy atom. The van der Waals surface area contributed by atoms with Crippen LogP contribution in [0.3, 0.4) is 0 Å². The number of ketones is 1. The Hall–Kier alpha value is -2.78. The lowest BCUT2D eigenvalue weighted by Crippen LogP contribution is -2.52. The fraction of sp³-hybridized carbons (Fsp3) is 0.474. The standard InChI is InChI=1S/C19H21NO8/c1-19(2)27-15-11(21)7-10(14(17(15)28-19)20-18(22)24-4)9-5-12(23-3)16-13(6-9)25-8-26-16/h5-7,14-15,17H,8H2,1-4H3,(H,20,22)/t14-,15-,17+/m1/s1. The Bertz CT molecular complexity index is 862. The van der Waals surface area contributed by atoms with Gasteiger partial charge in [-0.1, -0.05) is 0 Å². The molecule has 28 heavy (non-hydrogen) atoms. The molecule has 1 N–H and O–H groups in total. The minimum absolute atomic E-state index is 0.0762. The Labute approximate surface area is 161 Å². The molecule has 0 saturated carbocycles. The van der Waals surface area contributed by atoms with Gasteiger partial charge < -0.3 is 33.7 Å². The van der Waals surface area contributed by atoms with Crippen molar-refractivity contribution in [3.05, 3.63) is 23.8 Å². The summed E-state index contributed by atoms with van der Waals surface area (Å²) in [5, 5.41) is 2.75. The number of fused-ring (bicyclic) bond motifs is 2. The number of amides is 1. The van der Waals surface area contributed by atoms with Crippen LogP contribution in [0.2, 0.25) is 0 Å². The highest BCUT2D eigenvalue weighted by molar-refractivity contribution is 6.04. The van der Waals surface area contributed by atoms with Crippen LogP contribution in [-0.4, -0.2) is 56.9 Å². The SMILES string of the molecule is COC(=O)N[C@@H]1C(c2cc(OC)c3c(c2)OCO3)=CC(=O)[C@H]2OC(C)(C)O[C@@H]12. The van der Waals surface area contributed by atoms with Crippen molar-refractivity contribution in [2.24, 2.45) is 0 Å². The lowest BCUT2D eigenvalue weighted by atomic mass is 9.84. The third-order valence-corrected chi connectivity index (χ3v) is 4.82. The van der Waals surface area contributed by atoms with Gasteiger partial charge in [-0.2, -0.15) is 0 Å². The van der Waals surface area contributed by atoms with E-state index in [1.54, 1.807) is 26.0 Å². The lowest BCUT2D eigenvalue weighted by Gasteiger charge is -2.32. The first-order chi connectivity index (χ1) is 13.3. The zero-order chi connectivity index (χ0) is 20.1. The molecule has 1 aromatic carbocycles. The summed E-state index contributed by atoms with van der Waals surface area (Å²) in [6.45, 7) is 3.51. The van der Waals surface area contributed by atoms with Gasteiger partial charge in [-0.3, -0.25) is 4.79 Å². The van der Waals surface area contributed by atoms with Crippen LogP contribution in [0, 0.1) is 0 Å². The molecule has 9 nitrogen and oxygen atoms in total. The molecular weight excluding hydrogens is 370 g/mol. The van der Waals surface area contributed by atoms with Gasteiger partial charge in [0, 0.05) is 0 Å². The van der Waals surface area contributed by atoms with E-state index in [0.717, 1.165) is 0 Å². The minimum atomic E-state index is -0.961. The fourth-order valence-electron chi connectivity index (χ4n) is 3.66. The summed E-state index contributed by atoms with van der Waals surface area (Å²) in [4.78, 5) is 24.7. The van der Waals surface area contributed by atoms with E-state index in [-0.39, 0.29) is 12.6 Å². The largest absolute Gasteiger partial charge is 0.493 e. The Morgan fingerprint density at radius 2 is 2.00 bits per heavy atom. The van der Waals surface area contributed by atoms with Crippen LogP contribution in [0.15, 0.2) is 18.2 Å². The molecule has 1 aromatic rings. The van der Waals surface area contributed by atoms with E-state index in [1.165, 1.54) is 20.3 Å². The number of ether oxygens (including phenoxy) is 6. The molecule has 0 bridgehead atoms. The van der Waals surface area contributed by atoms with Crippen molar-refractivity contribution >= 4 is 17.4 Å². The summed E-state index contributed by atoms with van der Waals surface area (Å²) < 4.78 is 32.7. The maximum Gasteiger partial charge on any atom is 0.407 e. The minimum Gasteiger partial charge on any atom is -0.493 e. The van der Waals surface area contributed by atoms with E-state index in [2.05, 4.69) is 5.32 Å². The van der Waals surface area contributed by atoms with Crippen LogP contribution < -0.4 is 19.5 Å². The molecule has 150 valence electrons. The van der Waals surface area contributed by atoms with Crippen LogP contribution in [0.1, 0.15) is 19.4 Å². The third kappa shape index (κ3) is 3.06. The summed E-state index contributed by atoms with van der Waals surface area (Å²) in [7, 11) is 2.78. The summed E-state index contributed by atoms with van der Waals surface area (Å²) in [5.74, 6) is 0.236. The second-order valence-corrected chi connectivity index (χ2v) is 7.05. The highest BCUT2D eigenvalue weighted by atomic mass is 16.8. The van der Waals surface area contributed by atoms with Gasteiger partial charge in [-0.15, -0.1) is 0 Å². The Morgan fingerprint density at radius 1 is 1.21 bits per heavy atom. The van der Waals surface area contributed by atoms with Crippen molar-refractivity contribution in [2.75, 3.05) is 21.0 Å². The summed E-state index contributed by atoms with van der Waals surface area (Å²) in [6.07, 6.45) is -0.733. The van der Waals surface area contributed by atoms with Crippen molar-refractivity contribution in [1.29, 1.82) is 0 Å². The van der Waals surface area contributed by atoms with Crippen LogP contribution in [0.5, 0.6) is 17.2 Å². The normalized spacial score (nSPS) is 27.1. The van der Waals surface area contributed by atoms with Crippen LogP contribution >= 0.6 is 0 Å². The molecule has 1 fully saturated rings. The summed E-state index contributed by atoms with van der Waals surface area (Å²) in [6, 6.07) is 2.78. The molecule has 3 aliphatic rings.